The molecule has 1 atom stereocenters. The van der Waals surface area contributed by atoms with Crippen molar-refractivity contribution in [1.82, 2.24) is 4.90 Å². The van der Waals surface area contributed by atoms with E-state index in [1.807, 2.05) is 42.5 Å². The van der Waals surface area contributed by atoms with Crippen molar-refractivity contribution < 1.29 is 29.1 Å². The van der Waals surface area contributed by atoms with Gasteiger partial charge in [0, 0.05) is 5.56 Å². The van der Waals surface area contributed by atoms with Gasteiger partial charge in [-0.3, -0.25) is 9.59 Å². The Kier molecular flexibility index (Phi) is 6.53. The number of aliphatic hydroxyl groups is 1. The largest absolute Gasteiger partial charge is 0.507 e. The van der Waals surface area contributed by atoms with E-state index in [2.05, 4.69) is 0 Å². The van der Waals surface area contributed by atoms with Gasteiger partial charge in [0.25, 0.3) is 11.7 Å². The van der Waals surface area contributed by atoms with E-state index >= 15 is 0 Å². The molecule has 2 aliphatic rings. The second kappa shape index (κ2) is 9.90. The van der Waals surface area contributed by atoms with Crippen LogP contribution in [-0.4, -0.2) is 68.2 Å². The zero-order valence-corrected chi connectivity index (χ0v) is 19.7. The number of ketones is 1. The molecule has 1 unspecified atom stereocenters. The van der Waals surface area contributed by atoms with Crippen molar-refractivity contribution in [2.24, 2.45) is 0 Å². The van der Waals surface area contributed by atoms with Crippen LogP contribution in [0.1, 0.15) is 17.2 Å². The number of carbonyl (C=O) groups excluding carboxylic acids is 2. The summed E-state index contributed by atoms with van der Waals surface area (Å²) < 4.78 is 10.7. The van der Waals surface area contributed by atoms with Gasteiger partial charge in [-0.25, -0.2) is 0 Å². The SMILES string of the molecule is COc1ccc(C(O)=C2C(=O)C(=O)N(CC[NH+]3CCOCC3)C2c2cccc3ccccc23)cc1. The van der Waals surface area contributed by atoms with Crippen molar-refractivity contribution in [2.75, 3.05) is 46.5 Å². The summed E-state index contributed by atoms with van der Waals surface area (Å²) in [5.41, 5.74) is 1.41. The summed E-state index contributed by atoms with van der Waals surface area (Å²) in [6.45, 7) is 4.24. The Labute approximate surface area is 204 Å². The number of morpholine rings is 1. The normalized spacial score (nSPS) is 20.5. The minimum absolute atomic E-state index is 0.119. The van der Waals surface area contributed by atoms with Crippen LogP contribution in [0, 0.1) is 0 Å². The number of Topliss-reactive ketones (excluding diaryl/α,β-unsaturated/α-hetero) is 1. The Hall–Kier alpha value is -3.68. The third-order valence-corrected chi connectivity index (χ3v) is 6.93. The van der Waals surface area contributed by atoms with Crippen LogP contribution in [0.4, 0.5) is 0 Å². The summed E-state index contributed by atoms with van der Waals surface area (Å²) in [5, 5.41) is 13.3. The average Bonchev–Trinajstić information content (AvgIpc) is 3.16. The van der Waals surface area contributed by atoms with Crippen LogP contribution in [0.3, 0.4) is 0 Å². The molecule has 2 heterocycles. The number of likely N-dealkylation sites (tertiary alicyclic amines) is 1. The van der Waals surface area contributed by atoms with Gasteiger partial charge >= 0.3 is 0 Å². The van der Waals surface area contributed by atoms with Gasteiger partial charge in [-0.2, -0.15) is 0 Å². The van der Waals surface area contributed by atoms with E-state index in [9.17, 15) is 14.7 Å². The lowest BCUT2D eigenvalue weighted by Crippen LogP contribution is -3.14. The van der Waals surface area contributed by atoms with Crippen LogP contribution in [-0.2, 0) is 14.3 Å². The van der Waals surface area contributed by atoms with Crippen LogP contribution in [0.25, 0.3) is 16.5 Å². The average molecular weight is 474 g/mol. The van der Waals surface area contributed by atoms with Gasteiger partial charge in [0.05, 0.1) is 45.0 Å². The van der Waals surface area contributed by atoms with E-state index in [0.717, 1.165) is 29.4 Å². The molecule has 1 amide bonds. The smallest absolute Gasteiger partial charge is 0.295 e. The standard InChI is InChI=1S/C28H28N2O5/c1-34-21-11-9-20(10-12-21)26(31)24-25(23-8-4-6-19-5-2-3-7-22(19)23)30(28(33)27(24)32)14-13-29-15-17-35-18-16-29/h2-12,25,31H,13-18H2,1H3/p+1. The van der Waals surface area contributed by atoms with Gasteiger partial charge in [0.15, 0.2) is 0 Å². The predicted octanol–water partition coefficient (Wildman–Crippen LogP) is 2.19. The number of hydrogen-bond acceptors (Lipinski definition) is 5. The number of nitrogens with one attached hydrogen (secondary N) is 1. The lowest BCUT2D eigenvalue weighted by atomic mass is 9.91. The van der Waals surface area contributed by atoms with E-state index in [1.165, 1.54) is 4.90 Å². The predicted molar refractivity (Wildman–Crippen MR) is 132 cm³/mol. The zero-order chi connectivity index (χ0) is 24.4. The van der Waals surface area contributed by atoms with E-state index in [-0.39, 0.29) is 11.3 Å². The molecule has 0 bridgehead atoms. The number of ether oxygens (including phenoxy) is 2. The number of quaternary nitrogens is 1. The molecule has 2 N–H and O–H groups in total. The maximum absolute atomic E-state index is 13.4. The summed E-state index contributed by atoms with van der Waals surface area (Å²) in [6, 6.07) is 19.9. The first-order chi connectivity index (χ1) is 17.1. The minimum Gasteiger partial charge on any atom is -0.507 e. The summed E-state index contributed by atoms with van der Waals surface area (Å²) in [6.07, 6.45) is 0. The molecular formula is C28H29N2O5+. The molecule has 0 saturated carbocycles. The summed E-state index contributed by atoms with van der Waals surface area (Å²) in [7, 11) is 1.57. The fourth-order valence-electron chi connectivity index (χ4n) is 5.02. The van der Waals surface area contributed by atoms with Crippen LogP contribution >= 0.6 is 0 Å². The highest BCUT2D eigenvalue weighted by atomic mass is 16.5. The molecule has 35 heavy (non-hydrogen) atoms. The van der Waals surface area contributed by atoms with Gasteiger partial charge in [-0.05, 0) is 40.6 Å². The van der Waals surface area contributed by atoms with Crippen molar-refractivity contribution in [3.8, 4) is 5.75 Å². The molecule has 7 heteroatoms. The van der Waals surface area contributed by atoms with Crippen LogP contribution in [0.15, 0.2) is 72.3 Å². The number of methoxy groups -OCH3 is 1. The van der Waals surface area contributed by atoms with E-state index < -0.39 is 17.7 Å². The van der Waals surface area contributed by atoms with Gasteiger partial charge in [-0.15, -0.1) is 0 Å². The lowest BCUT2D eigenvalue weighted by molar-refractivity contribution is -0.907. The molecular weight excluding hydrogens is 444 g/mol. The van der Waals surface area contributed by atoms with Crippen molar-refractivity contribution >= 4 is 28.2 Å². The maximum atomic E-state index is 13.4. The highest BCUT2D eigenvalue weighted by Crippen LogP contribution is 2.41. The fraction of sp³-hybridized carbons (Fsp3) is 0.286. The van der Waals surface area contributed by atoms with E-state index in [0.29, 0.717) is 37.6 Å². The molecule has 0 radical (unpaired) electrons. The highest BCUT2D eigenvalue weighted by molar-refractivity contribution is 6.46. The molecule has 3 aromatic carbocycles. The molecule has 7 nitrogen and oxygen atoms in total. The first kappa shape index (κ1) is 23.1. The van der Waals surface area contributed by atoms with Gasteiger partial charge in [0.2, 0.25) is 0 Å². The number of nitrogens with zero attached hydrogens (tertiary/aromatic N) is 1. The number of aliphatic hydroxyl groups excluding tert-OH is 1. The van der Waals surface area contributed by atoms with Crippen molar-refractivity contribution in [3.05, 3.63) is 83.4 Å². The van der Waals surface area contributed by atoms with Crippen molar-refractivity contribution in [3.63, 3.8) is 0 Å². The molecule has 2 saturated heterocycles. The maximum Gasteiger partial charge on any atom is 0.295 e. The summed E-state index contributed by atoms with van der Waals surface area (Å²) in [4.78, 5) is 29.7. The molecule has 2 fully saturated rings. The third kappa shape index (κ3) is 4.40. The summed E-state index contributed by atoms with van der Waals surface area (Å²) >= 11 is 0. The van der Waals surface area contributed by atoms with Gasteiger partial charge in [0.1, 0.15) is 24.6 Å². The van der Waals surface area contributed by atoms with Crippen molar-refractivity contribution in [2.45, 2.75) is 6.04 Å². The van der Waals surface area contributed by atoms with E-state index in [4.69, 9.17) is 9.47 Å². The molecule has 0 aliphatic carbocycles. The third-order valence-electron chi connectivity index (χ3n) is 6.93. The fourth-order valence-corrected chi connectivity index (χ4v) is 5.02. The van der Waals surface area contributed by atoms with Crippen LogP contribution in [0.5, 0.6) is 5.75 Å². The number of rotatable bonds is 6. The minimum atomic E-state index is -0.677. The lowest BCUT2D eigenvalue weighted by Gasteiger charge is -2.29. The first-order valence-electron chi connectivity index (χ1n) is 11.9. The monoisotopic (exact) mass is 473 g/mol. The Balaban J connectivity index is 1.61. The zero-order valence-electron chi connectivity index (χ0n) is 19.7. The Bertz CT molecular complexity index is 1270. The Morgan fingerprint density at radius 1 is 1.03 bits per heavy atom. The number of benzene rings is 3. The van der Waals surface area contributed by atoms with Crippen LogP contribution in [0.2, 0.25) is 0 Å². The molecule has 5 rings (SSSR count). The second-order valence-electron chi connectivity index (χ2n) is 8.90. The molecule has 180 valence electrons. The molecule has 3 aromatic rings. The highest BCUT2D eigenvalue weighted by Gasteiger charge is 2.46. The molecule has 0 spiro atoms. The molecule has 2 aliphatic heterocycles. The Morgan fingerprint density at radius 2 is 1.74 bits per heavy atom. The second-order valence-corrected chi connectivity index (χ2v) is 8.90. The number of amides is 1. The number of carbonyl (C=O) groups is 2. The van der Waals surface area contributed by atoms with E-state index in [1.54, 1.807) is 36.3 Å². The quantitative estimate of drug-likeness (QED) is 0.326. The van der Waals surface area contributed by atoms with Crippen molar-refractivity contribution in [1.29, 1.82) is 0 Å². The van der Waals surface area contributed by atoms with Gasteiger partial charge < -0.3 is 24.4 Å². The first-order valence-corrected chi connectivity index (χ1v) is 11.9. The number of fused-ring (bicyclic) bond motifs is 1. The summed E-state index contributed by atoms with van der Waals surface area (Å²) in [5.74, 6) is -0.773. The number of hydrogen-bond donors (Lipinski definition) is 2. The Morgan fingerprint density at radius 3 is 2.49 bits per heavy atom. The van der Waals surface area contributed by atoms with Crippen LogP contribution < -0.4 is 9.64 Å². The van der Waals surface area contributed by atoms with Gasteiger partial charge in [-0.1, -0.05) is 42.5 Å². The topological polar surface area (TPSA) is 80.5 Å². The molecule has 0 aromatic heterocycles.